The van der Waals surface area contributed by atoms with Gasteiger partial charge in [0.25, 0.3) is 0 Å². The molecule has 4 aliphatic rings. The third-order valence-corrected chi connectivity index (χ3v) is 9.55. The first-order chi connectivity index (χ1) is 12.7. The highest BCUT2D eigenvalue weighted by atomic mass is 16.5. The lowest BCUT2D eigenvalue weighted by Gasteiger charge is -2.62. The van der Waals surface area contributed by atoms with Crippen LogP contribution < -0.4 is 0 Å². The minimum absolute atomic E-state index is 0.0312. The number of ketones is 1. The Morgan fingerprint density at radius 2 is 1.70 bits per heavy atom. The van der Waals surface area contributed by atoms with E-state index in [0.717, 1.165) is 38.5 Å². The molecule has 0 bridgehead atoms. The summed E-state index contributed by atoms with van der Waals surface area (Å²) in [5.74, 6) is 2.36. The predicted molar refractivity (Wildman–Crippen MR) is 103 cm³/mol. The molecule has 152 valence electrons. The molecule has 4 nitrogen and oxygen atoms in total. The summed E-state index contributed by atoms with van der Waals surface area (Å²) in [6, 6.07) is 0. The maximum atomic E-state index is 12.3. The summed E-state index contributed by atoms with van der Waals surface area (Å²) in [4.78, 5) is 23.7. The van der Waals surface area contributed by atoms with Gasteiger partial charge < -0.3 is 9.84 Å². The summed E-state index contributed by atoms with van der Waals surface area (Å²) in [5, 5.41) is 11.3. The van der Waals surface area contributed by atoms with E-state index in [4.69, 9.17) is 4.74 Å². The molecule has 4 saturated carbocycles. The van der Waals surface area contributed by atoms with Gasteiger partial charge in [0.1, 0.15) is 11.9 Å². The van der Waals surface area contributed by atoms with Crippen molar-refractivity contribution in [1.82, 2.24) is 0 Å². The van der Waals surface area contributed by atoms with Crippen molar-refractivity contribution in [3.63, 3.8) is 0 Å². The van der Waals surface area contributed by atoms with Crippen LogP contribution in [0.2, 0.25) is 0 Å². The Kier molecular flexibility index (Phi) is 4.73. The number of carbonyl (C=O) groups excluding carboxylic acids is 2. The van der Waals surface area contributed by atoms with Crippen LogP contribution in [0, 0.1) is 40.4 Å². The van der Waals surface area contributed by atoms with Crippen molar-refractivity contribution in [1.29, 1.82) is 0 Å². The number of aliphatic hydroxyl groups is 1. The molecule has 0 aliphatic heterocycles. The van der Waals surface area contributed by atoms with Crippen molar-refractivity contribution < 1.29 is 19.4 Å². The number of ether oxygens (including phenoxy) is 1. The fraction of sp³-hybridized carbons (Fsp3) is 0.913. The Balaban J connectivity index is 1.58. The Morgan fingerprint density at radius 3 is 2.37 bits per heavy atom. The molecule has 0 aromatic rings. The molecule has 0 amide bonds. The van der Waals surface area contributed by atoms with Gasteiger partial charge in [0.05, 0.1) is 6.10 Å². The molecule has 9 atom stereocenters. The minimum atomic E-state index is -0.373. The van der Waals surface area contributed by atoms with Crippen molar-refractivity contribution in [2.24, 2.45) is 40.4 Å². The largest absolute Gasteiger partial charge is 0.463 e. The second-order valence-corrected chi connectivity index (χ2v) is 10.5. The van der Waals surface area contributed by atoms with E-state index in [1.807, 2.05) is 0 Å². The zero-order chi connectivity index (χ0) is 19.6. The number of Topliss-reactive ketones (excluding diaryl/α,β-unsaturated/α-hetero) is 1. The standard InChI is InChI=1S/C23H36O4/c1-13(24)18-7-8-19-17-6-5-15-11-16(27-14(2)25)9-10-22(15,3)20(17)12-21(26)23(18,19)4/h15-21,26H,5-12H2,1-4H3/t15-,16+,17-,18+,19-,20-,21-,22-,23+/m0/s1. The molecule has 4 rings (SSSR count). The molecular weight excluding hydrogens is 340 g/mol. The number of esters is 1. The quantitative estimate of drug-likeness (QED) is 0.736. The number of hydrogen-bond acceptors (Lipinski definition) is 4. The SMILES string of the molecule is CC(=O)O[C@@H]1CC[C@@]2(C)[C@@H](CC[C@@H]3[C@@H]2C[C@H](O)[C@]2(C)[C@@H](C(C)=O)CC[C@@H]32)C1. The summed E-state index contributed by atoms with van der Waals surface area (Å²) in [5.41, 5.74) is 0.00132. The zero-order valence-electron chi connectivity index (χ0n) is 17.4. The van der Waals surface area contributed by atoms with Crippen LogP contribution in [0.5, 0.6) is 0 Å². The van der Waals surface area contributed by atoms with Crippen LogP contribution in [0.15, 0.2) is 0 Å². The van der Waals surface area contributed by atoms with Crippen LogP contribution in [-0.2, 0) is 14.3 Å². The van der Waals surface area contributed by atoms with Gasteiger partial charge in [-0.3, -0.25) is 9.59 Å². The third-order valence-electron chi connectivity index (χ3n) is 9.55. The van der Waals surface area contributed by atoms with Gasteiger partial charge in [-0.1, -0.05) is 13.8 Å². The first-order valence-electron chi connectivity index (χ1n) is 11.0. The van der Waals surface area contributed by atoms with Gasteiger partial charge in [0, 0.05) is 18.3 Å². The van der Waals surface area contributed by atoms with Crippen molar-refractivity contribution >= 4 is 11.8 Å². The van der Waals surface area contributed by atoms with E-state index in [9.17, 15) is 14.7 Å². The first kappa shape index (κ1) is 19.4. The second-order valence-electron chi connectivity index (χ2n) is 10.5. The van der Waals surface area contributed by atoms with E-state index in [2.05, 4.69) is 13.8 Å². The minimum Gasteiger partial charge on any atom is -0.463 e. The topological polar surface area (TPSA) is 63.6 Å². The molecular formula is C23H36O4. The van der Waals surface area contributed by atoms with Crippen LogP contribution in [0.4, 0.5) is 0 Å². The van der Waals surface area contributed by atoms with E-state index >= 15 is 0 Å². The predicted octanol–water partition coefficient (Wildman–Crippen LogP) is 4.14. The first-order valence-corrected chi connectivity index (χ1v) is 11.0. The summed E-state index contributed by atoms with van der Waals surface area (Å²) < 4.78 is 5.54. The van der Waals surface area contributed by atoms with Crippen molar-refractivity contribution in [3.05, 3.63) is 0 Å². The number of hydrogen-bond donors (Lipinski definition) is 1. The van der Waals surface area contributed by atoms with E-state index in [0.29, 0.717) is 23.7 Å². The maximum Gasteiger partial charge on any atom is 0.302 e. The Hall–Kier alpha value is -0.900. The van der Waals surface area contributed by atoms with Gasteiger partial charge in [-0.2, -0.15) is 0 Å². The van der Waals surface area contributed by atoms with Crippen LogP contribution in [0.1, 0.15) is 79.1 Å². The molecule has 0 heterocycles. The summed E-state index contributed by atoms with van der Waals surface area (Å²) in [6.07, 6.45) is 8.00. The Labute approximate surface area is 163 Å². The summed E-state index contributed by atoms with van der Waals surface area (Å²) >= 11 is 0. The molecule has 0 saturated heterocycles. The van der Waals surface area contributed by atoms with E-state index in [1.54, 1.807) is 6.92 Å². The lowest BCUT2D eigenvalue weighted by molar-refractivity contribution is -0.179. The maximum absolute atomic E-state index is 12.3. The van der Waals surface area contributed by atoms with E-state index in [1.165, 1.54) is 19.8 Å². The highest BCUT2D eigenvalue weighted by Crippen LogP contribution is 2.67. The summed E-state index contributed by atoms with van der Waals surface area (Å²) in [7, 11) is 0. The van der Waals surface area contributed by atoms with Gasteiger partial charge in [0.2, 0.25) is 0 Å². The van der Waals surface area contributed by atoms with Crippen LogP contribution >= 0.6 is 0 Å². The van der Waals surface area contributed by atoms with Crippen molar-refractivity contribution in [3.8, 4) is 0 Å². The normalized spacial score (nSPS) is 51.7. The lowest BCUT2D eigenvalue weighted by atomic mass is 9.44. The molecule has 0 spiro atoms. The lowest BCUT2D eigenvalue weighted by Crippen LogP contribution is -2.59. The molecule has 1 N–H and O–H groups in total. The smallest absolute Gasteiger partial charge is 0.302 e. The molecule has 27 heavy (non-hydrogen) atoms. The fourth-order valence-corrected chi connectivity index (χ4v) is 8.18. The number of fused-ring (bicyclic) bond motifs is 5. The molecule has 4 fully saturated rings. The van der Waals surface area contributed by atoms with Gasteiger partial charge in [0.15, 0.2) is 0 Å². The van der Waals surface area contributed by atoms with Gasteiger partial charge in [-0.15, -0.1) is 0 Å². The Bertz CT molecular complexity index is 630. The third kappa shape index (κ3) is 2.81. The van der Waals surface area contributed by atoms with Gasteiger partial charge >= 0.3 is 5.97 Å². The molecule has 0 aromatic carbocycles. The average molecular weight is 377 g/mol. The van der Waals surface area contributed by atoms with Gasteiger partial charge in [-0.25, -0.2) is 0 Å². The fourth-order valence-electron chi connectivity index (χ4n) is 8.18. The number of carbonyl (C=O) groups is 2. The number of rotatable bonds is 2. The van der Waals surface area contributed by atoms with Crippen molar-refractivity contribution in [2.75, 3.05) is 0 Å². The highest BCUT2D eigenvalue weighted by molar-refractivity contribution is 5.79. The molecule has 4 heteroatoms. The average Bonchev–Trinajstić information content (AvgIpc) is 2.95. The molecule has 0 unspecified atom stereocenters. The molecule has 0 radical (unpaired) electrons. The van der Waals surface area contributed by atoms with Crippen LogP contribution in [-0.4, -0.2) is 29.1 Å². The van der Waals surface area contributed by atoms with E-state index < -0.39 is 0 Å². The highest BCUT2D eigenvalue weighted by Gasteiger charge is 2.64. The van der Waals surface area contributed by atoms with Gasteiger partial charge in [-0.05, 0) is 87.4 Å². The van der Waals surface area contributed by atoms with E-state index in [-0.39, 0.29) is 40.7 Å². The molecule has 0 aromatic heterocycles. The van der Waals surface area contributed by atoms with Crippen LogP contribution in [0.25, 0.3) is 0 Å². The second kappa shape index (κ2) is 6.57. The monoisotopic (exact) mass is 376 g/mol. The number of aliphatic hydroxyl groups excluding tert-OH is 1. The Morgan fingerprint density at radius 1 is 0.963 bits per heavy atom. The van der Waals surface area contributed by atoms with Crippen LogP contribution in [0.3, 0.4) is 0 Å². The molecule has 4 aliphatic carbocycles. The summed E-state index contributed by atoms with van der Waals surface area (Å²) in [6.45, 7) is 7.86. The van der Waals surface area contributed by atoms with Crippen molar-refractivity contribution in [2.45, 2.75) is 91.3 Å². The zero-order valence-corrected chi connectivity index (χ0v) is 17.4.